The minimum Gasteiger partial charge on any atom is -0.342 e. The first kappa shape index (κ1) is 15.3. The predicted molar refractivity (Wildman–Crippen MR) is 86.9 cm³/mol. The molecule has 2 amide bonds. The number of hydrogen-bond acceptors (Lipinski definition) is 2. The van der Waals surface area contributed by atoms with Crippen LogP contribution in [-0.4, -0.2) is 36.3 Å². The van der Waals surface area contributed by atoms with E-state index in [1.54, 1.807) is 17.0 Å². The Morgan fingerprint density at radius 1 is 1.27 bits per heavy atom. The van der Waals surface area contributed by atoms with Gasteiger partial charge in [0.05, 0.1) is 5.92 Å². The Bertz CT molecular complexity index is 582. The van der Waals surface area contributed by atoms with E-state index < -0.39 is 0 Å². The summed E-state index contributed by atoms with van der Waals surface area (Å²) >= 11 is 5.99. The lowest BCUT2D eigenvalue weighted by Gasteiger charge is -2.32. The molecule has 4 nitrogen and oxygen atoms in total. The van der Waals surface area contributed by atoms with Crippen molar-refractivity contribution >= 4 is 29.1 Å². The molecule has 0 aromatic heterocycles. The maximum atomic E-state index is 12.6. The molecule has 1 atom stereocenters. The third kappa shape index (κ3) is 3.12. The topological polar surface area (TPSA) is 40.6 Å². The van der Waals surface area contributed by atoms with Crippen LogP contribution in [0, 0.1) is 11.8 Å². The number of benzene rings is 1. The van der Waals surface area contributed by atoms with Gasteiger partial charge < -0.3 is 9.80 Å². The molecule has 0 N–H and O–H groups in total. The lowest BCUT2D eigenvalue weighted by atomic mass is 9.97. The molecule has 22 heavy (non-hydrogen) atoms. The summed E-state index contributed by atoms with van der Waals surface area (Å²) in [6.45, 7) is 4.33. The van der Waals surface area contributed by atoms with Crippen molar-refractivity contribution in [2.75, 3.05) is 24.5 Å². The van der Waals surface area contributed by atoms with Crippen LogP contribution in [0.2, 0.25) is 5.02 Å². The first-order chi connectivity index (χ1) is 10.5. The Balaban J connectivity index is 1.68. The number of hydrogen-bond donors (Lipinski definition) is 0. The number of halogens is 1. The summed E-state index contributed by atoms with van der Waals surface area (Å²) in [6.07, 6.45) is 2.42. The quantitative estimate of drug-likeness (QED) is 0.840. The van der Waals surface area contributed by atoms with Gasteiger partial charge in [-0.3, -0.25) is 9.59 Å². The van der Waals surface area contributed by atoms with Gasteiger partial charge in [0.2, 0.25) is 11.8 Å². The molecule has 3 rings (SSSR count). The Morgan fingerprint density at radius 2 is 2.00 bits per heavy atom. The van der Waals surface area contributed by atoms with Crippen LogP contribution >= 0.6 is 11.6 Å². The van der Waals surface area contributed by atoms with Crippen LogP contribution in [0.3, 0.4) is 0 Å². The second-order valence-corrected chi connectivity index (χ2v) is 6.83. The molecule has 2 saturated heterocycles. The van der Waals surface area contributed by atoms with Gasteiger partial charge in [0.1, 0.15) is 0 Å². The van der Waals surface area contributed by atoms with Crippen molar-refractivity contribution < 1.29 is 9.59 Å². The van der Waals surface area contributed by atoms with Crippen LogP contribution in [0.1, 0.15) is 26.2 Å². The Hall–Kier alpha value is -1.55. The number of carbonyl (C=O) groups excluding carboxylic acids is 2. The van der Waals surface area contributed by atoms with E-state index in [4.69, 9.17) is 11.6 Å². The van der Waals surface area contributed by atoms with Crippen molar-refractivity contribution in [3.05, 3.63) is 29.3 Å². The van der Waals surface area contributed by atoms with Crippen molar-refractivity contribution in [1.29, 1.82) is 0 Å². The summed E-state index contributed by atoms with van der Waals surface area (Å²) in [5.74, 6) is 0.605. The maximum absolute atomic E-state index is 12.6. The van der Waals surface area contributed by atoms with Gasteiger partial charge in [-0.15, -0.1) is 0 Å². The SMILES string of the molecule is CC1CCN(C(=O)C2CC(=O)N(c3cccc(Cl)c3)C2)CC1. The zero-order chi connectivity index (χ0) is 15.7. The molecule has 2 fully saturated rings. The fourth-order valence-corrected chi connectivity index (χ4v) is 3.44. The van der Waals surface area contributed by atoms with Gasteiger partial charge in [0, 0.05) is 36.8 Å². The minimum atomic E-state index is -0.222. The number of carbonyl (C=O) groups is 2. The molecule has 1 unspecified atom stereocenters. The number of anilines is 1. The standard InChI is InChI=1S/C17H21ClN2O2/c1-12-5-7-19(8-6-12)17(22)13-9-16(21)20(11-13)15-4-2-3-14(18)10-15/h2-4,10,12-13H,5-9,11H2,1H3. The van der Waals surface area contributed by atoms with Crippen LogP contribution in [0.5, 0.6) is 0 Å². The molecular formula is C17H21ClN2O2. The van der Waals surface area contributed by atoms with Crippen LogP contribution in [0.25, 0.3) is 0 Å². The fraction of sp³-hybridized carbons (Fsp3) is 0.529. The van der Waals surface area contributed by atoms with Crippen LogP contribution < -0.4 is 4.90 Å². The summed E-state index contributed by atoms with van der Waals surface area (Å²) in [5.41, 5.74) is 0.778. The molecule has 2 aliphatic heterocycles. The number of rotatable bonds is 2. The average molecular weight is 321 g/mol. The van der Waals surface area contributed by atoms with E-state index in [2.05, 4.69) is 6.92 Å². The Morgan fingerprint density at radius 3 is 2.68 bits per heavy atom. The smallest absolute Gasteiger partial charge is 0.228 e. The van der Waals surface area contributed by atoms with E-state index in [9.17, 15) is 9.59 Å². The first-order valence-electron chi connectivity index (χ1n) is 7.89. The molecule has 5 heteroatoms. The third-order valence-electron chi connectivity index (χ3n) is 4.69. The molecule has 2 aliphatic rings. The number of amides is 2. The van der Waals surface area contributed by atoms with E-state index in [1.807, 2.05) is 17.0 Å². The lowest BCUT2D eigenvalue weighted by Crippen LogP contribution is -2.42. The molecular weight excluding hydrogens is 300 g/mol. The highest BCUT2D eigenvalue weighted by atomic mass is 35.5. The second-order valence-electron chi connectivity index (χ2n) is 6.39. The normalized spacial score (nSPS) is 23.2. The first-order valence-corrected chi connectivity index (χ1v) is 8.27. The number of nitrogens with zero attached hydrogens (tertiary/aromatic N) is 2. The van der Waals surface area contributed by atoms with Gasteiger partial charge in [-0.1, -0.05) is 24.6 Å². The zero-order valence-corrected chi connectivity index (χ0v) is 13.6. The van der Waals surface area contributed by atoms with Crippen LogP contribution in [-0.2, 0) is 9.59 Å². The van der Waals surface area contributed by atoms with Crippen LogP contribution in [0.4, 0.5) is 5.69 Å². The van der Waals surface area contributed by atoms with E-state index >= 15 is 0 Å². The monoisotopic (exact) mass is 320 g/mol. The van der Waals surface area contributed by atoms with Crippen molar-refractivity contribution in [1.82, 2.24) is 4.90 Å². The number of likely N-dealkylation sites (tertiary alicyclic amines) is 1. The van der Waals surface area contributed by atoms with E-state index in [0.29, 0.717) is 23.9 Å². The van der Waals surface area contributed by atoms with Crippen molar-refractivity contribution in [3.63, 3.8) is 0 Å². The highest BCUT2D eigenvalue weighted by molar-refractivity contribution is 6.30. The molecule has 0 saturated carbocycles. The predicted octanol–water partition coefficient (Wildman–Crippen LogP) is 2.95. The summed E-state index contributed by atoms with van der Waals surface area (Å²) in [6, 6.07) is 7.24. The lowest BCUT2D eigenvalue weighted by molar-refractivity contribution is -0.137. The molecule has 2 heterocycles. The summed E-state index contributed by atoms with van der Waals surface area (Å²) in [4.78, 5) is 28.5. The summed E-state index contributed by atoms with van der Waals surface area (Å²) in [5, 5.41) is 0.602. The molecule has 118 valence electrons. The fourth-order valence-electron chi connectivity index (χ4n) is 3.25. The van der Waals surface area contributed by atoms with Crippen molar-refractivity contribution in [2.24, 2.45) is 11.8 Å². The largest absolute Gasteiger partial charge is 0.342 e. The van der Waals surface area contributed by atoms with Gasteiger partial charge in [0.15, 0.2) is 0 Å². The van der Waals surface area contributed by atoms with E-state index in [0.717, 1.165) is 31.6 Å². The van der Waals surface area contributed by atoms with Gasteiger partial charge in [-0.2, -0.15) is 0 Å². The second kappa shape index (κ2) is 6.29. The summed E-state index contributed by atoms with van der Waals surface area (Å²) < 4.78 is 0. The molecule has 1 aromatic rings. The molecule has 0 spiro atoms. The van der Waals surface area contributed by atoms with Gasteiger partial charge >= 0.3 is 0 Å². The Kier molecular flexibility index (Phi) is 4.39. The highest BCUT2D eigenvalue weighted by Gasteiger charge is 2.37. The van der Waals surface area contributed by atoms with E-state index in [1.165, 1.54) is 0 Å². The van der Waals surface area contributed by atoms with Crippen LogP contribution in [0.15, 0.2) is 24.3 Å². The highest BCUT2D eigenvalue weighted by Crippen LogP contribution is 2.29. The molecule has 0 radical (unpaired) electrons. The van der Waals surface area contributed by atoms with Gasteiger partial charge in [-0.25, -0.2) is 0 Å². The number of piperidine rings is 1. The average Bonchev–Trinajstić information content (AvgIpc) is 2.89. The molecule has 1 aromatic carbocycles. The van der Waals surface area contributed by atoms with E-state index in [-0.39, 0.29) is 17.7 Å². The summed E-state index contributed by atoms with van der Waals surface area (Å²) in [7, 11) is 0. The third-order valence-corrected chi connectivity index (χ3v) is 4.92. The minimum absolute atomic E-state index is 0.00555. The van der Waals surface area contributed by atoms with Gasteiger partial charge in [-0.05, 0) is 37.0 Å². The van der Waals surface area contributed by atoms with Gasteiger partial charge in [0.25, 0.3) is 0 Å². The van der Waals surface area contributed by atoms with Crippen molar-refractivity contribution in [3.8, 4) is 0 Å². The molecule has 0 aliphatic carbocycles. The molecule has 0 bridgehead atoms. The zero-order valence-electron chi connectivity index (χ0n) is 12.8. The van der Waals surface area contributed by atoms with Crippen molar-refractivity contribution in [2.45, 2.75) is 26.2 Å². The Labute approximate surface area is 136 Å². The maximum Gasteiger partial charge on any atom is 0.228 e.